The largest absolute Gasteiger partial charge is 0.396 e. The predicted octanol–water partition coefficient (Wildman–Crippen LogP) is 2.51. The fourth-order valence-electron chi connectivity index (χ4n) is 2.88. The quantitative estimate of drug-likeness (QED) is 0.836. The molecule has 0 aromatic heterocycles. The van der Waals surface area contributed by atoms with Crippen LogP contribution < -0.4 is 0 Å². The predicted molar refractivity (Wildman–Crippen MR) is 72.8 cm³/mol. The Kier molecular flexibility index (Phi) is 4.28. The molecule has 4 nitrogen and oxygen atoms in total. The highest BCUT2D eigenvalue weighted by molar-refractivity contribution is 7.85. The Labute approximate surface area is 114 Å². The first-order chi connectivity index (χ1) is 8.91. The van der Waals surface area contributed by atoms with Crippen LogP contribution in [0.15, 0.2) is 23.1 Å². The van der Waals surface area contributed by atoms with Crippen molar-refractivity contribution < 1.29 is 18.1 Å². The second-order valence-corrected chi connectivity index (χ2v) is 6.81. The molecule has 0 bridgehead atoms. The van der Waals surface area contributed by atoms with E-state index in [4.69, 9.17) is 5.11 Å². The van der Waals surface area contributed by atoms with Gasteiger partial charge < -0.3 is 5.11 Å². The molecule has 106 valence electrons. The lowest BCUT2D eigenvalue weighted by Crippen LogP contribution is -2.18. The van der Waals surface area contributed by atoms with Crippen molar-refractivity contribution in [2.75, 3.05) is 6.61 Å². The molecule has 0 aliphatic heterocycles. The highest BCUT2D eigenvalue weighted by Crippen LogP contribution is 2.38. The van der Waals surface area contributed by atoms with Crippen LogP contribution in [0.4, 0.5) is 0 Å². The van der Waals surface area contributed by atoms with Gasteiger partial charge in [-0.1, -0.05) is 17.7 Å². The molecule has 0 spiro atoms. The van der Waals surface area contributed by atoms with E-state index in [-0.39, 0.29) is 17.4 Å². The number of hydrogen-bond donors (Lipinski definition) is 2. The molecule has 0 saturated heterocycles. The van der Waals surface area contributed by atoms with Crippen LogP contribution in [0.25, 0.3) is 0 Å². The van der Waals surface area contributed by atoms with Gasteiger partial charge in [0.15, 0.2) is 0 Å². The average molecular weight is 284 g/mol. The first-order valence-electron chi connectivity index (χ1n) is 6.60. The van der Waals surface area contributed by atoms with Crippen molar-refractivity contribution in [1.29, 1.82) is 0 Å². The molecular formula is C14H20O4S. The standard InChI is InChI=1S/C14H20O4S/c1-10-2-7-14(19(16,17)18)13(8-10)12-5-3-11(9-15)4-6-12/h2,7-8,11-12,15H,3-6,9H2,1H3,(H,16,17,18). The zero-order valence-corrected chi connectivity index (χ0v) is 11.9. The Balaban J connectivity index is 2.32. The molecule has 1 aromatic carbocycles. The number of aliphatic hydroxyl groups excluding tert-OH is 1. The topological polar surface area (TPSA) is 74.6 Å². The molecule has 0 heterocycles. The van der Waals surface area contributed by atoms with Gasteiger partial charge in [0, 0.05) is 6.61 Å². The molecule has 1 aliphatic carbocycles. The van der Waals surface area contributed by atoms with E-state index < -0.39 is 10.1 Å². The van der Waals surface area contributed by atoms with Crippen molar-refractivity contribution in [3.63, 3.8) is 0 Å². The minimum atomic E-state index is -4.17. The number of benzene rings is 1. The number of rotatable bonds is 3. The zero-order chi connectivity index (χ0) is 14.0. The molecule has 1 aromatic rings. The summed E-state index contributed by atoms with van der Waals surface area (Å²) in [5.74, 6) is 0.481. The van der Waals surface area contributed by atoms with Crippen LogP contribution in [-0.4, -0.2) is 24.7 Å². The van der Waals surface area contributed by atoms with E-state index in [1.165, 1.54) is 6.07 Å². The van der Waals surface area contributed by atoms with E-state index in [1.54, 1.807) is 6.07 Å². The smallest absolute Gasteiger partial charge is 0.294 e. The van der Waals surface area contributed by atoms with Crippen LogP contribution >= 0.6 is 0 Å². The highest BCUT2D eigenvalue weighted by Gasteiger charge is 2.26. The first kappa shape index (κ1) is 14.5. The molecule has 1 aliphatic rings. The summed E-state index contributed by atoms with van der Waals surface area (Å²) in [6.07, 6.45) is 3.52. The van der Waals surface area contributed by atoms with Gasteiger partial charge in [-0.2, -0.15) is 8.42 Å². The lowest BCUT2D eigenvalue weighted by Gasteiger charge is -2.28. The van der Waals surface area contributed by atoms with Gasteiger partial charge in [0.2, 0.25) is 0 Å². The minimum Gasteiger partial charge on any atom is -0.396 e. The Morgan fingerprint density at radius 3 is 2.37 bits per heavy atom. The summed E-state index contributed by atoms with van der Waals surface area (Å²) in [7, 11) is -4.17. The zero-order valence-electron chi connectivity index (χ0n) is 11.0. The van der Waals surface area contributed by atoms with E-state index in [1.807, 2.05) is 13.0 Å². The summed E-state index contributed by atoms with van der Waals surface area (Å²) >= 11 is 0. The average Bonchev–Trinajstić information content (AvgIpc) is 2.37. The minimum absolute atomic E-state index is 0.0329. The highest BCUT2D eigenvalue weighted by atomic mass is 32.2. The first-order valence-corrected chi connectivity index (χ1v) is 8.04. The van der Waals surface area contributed by atoms with Crippen molar-refractivity contribution in [3.05, 3.63) is 29.3 Å². The van der Waals surface area contributed by atoms with Gasteiger partial charge in [0.1, 0.15) is 0 Å². The van der Waals surface area contributed by atoms with Gasteiger partial charge in [0.05, 0.1) is 4.90 Å². The summed E-state index contributed by atoms with van der Waals surface area (Å²) in [4.78, 5) is 0.0329. The fourth-order valence-corrected chi connectivity index (χ4v) is 3.64. The van der Waals surface area contributed by atoms with Crippen molar-refractivity contribution in [2.24, 2.45) is 5.92 Å². The fraction of sp³-hybridized carbons (Fsp3) is 0.571. The van der Waals surface area contributed by atoms with Gasteiger partial charge in [-0.25, -0.2) is 0 Å². The maximum atomic E-state index is 11.4. The third-order valence-electron chi connectivity index (χ3n) is 3.99. The Morgan fingerprint density at radius 2 is 1.84 bits per heavy atom. The van der Waals surface area contributed by atoms with Gasteiger partial charge in [-0.15, -0.1) is 0 Å². The van der Waals surface area contributed by atoms with Crippen LogP contribution in [0.5, 0.6) is 0 Å². The van der Waals surface area contributed by atoms with Crippen LogP contribution in [0.3, 0.4) is 0 Å². The molecular weight excluding hydrogens is 264 g/mol. The van der Waals surface area contributed by atoms with Gasteiger partial charge in [-0.3, -0.25) is 4.55 Å². The lowest BCUT2D eigenvalue weighted by molar-refractivity contribution is 0.182. The molecule has 1 saturated carbocycles. The molecule has 1 fully saturated rings. The Bertz CT molecular complexity index is 543. The molecule has 2 rings (SSSR count). The van der Waals surface area contributed by atoms with Crippen LogP contribution in [0.1, 0.15) is 42.7 Å². The Morgan fingerprint density at radius 1 is 1.21 bits per heavy atom. The monoisotopic (exact) mass is 284 g/mol. The summed E-state index contributed by atoms with van der Waals surface area (Å²) < 4.78 is 32.2. The van der Waals surface area contributed by atoms with Crippen LogP contribution in [-0.2, 0) is 10.1 Å². The summed E-state index contributed by atoms with van der Waals surface area (Å²) in [6, 6.07) is 5.04. The second-order valence-electron chi connectivity index (χ2n) is 5.42. The van der Waals surface area contributed by atoms with E-state index in [2.05, 4.69) is 0 Å². The molecule has 5 heteroatoms. The summed E-state index contributed by atoms with van der Waals surface area (Å²) in [6.45, 7) is 2.11. The number of hydrogen-bond acceptors (Lipinski definition) is 3. The molecule has 0 unspecified atom stereocenters. The van der Waals surface area contributed by atoms with Crippen molar-refractivity contribution >= 4 is 10.1 Å². The number of aryl methyl sites for hydroxylation is 1. The second kappa shape index (κ2) is 5.61. The van der Waals surface area contributed by atoms with Gasteiger partial charge in [-0.05, 0) is 56.1 Å². The lowest BCUT2D eigenvalue weighted by atomic mass is 9.79. The van der Waals surface area contributed by atoms with E-state index >= 15 is 0 Å². The molecule has 0 radical (unpaired) electrons. The molecule has 0 atom stereocenters. The Hall–Kier alpha value is -0.910. The van der Waals surface area contributed by atoms with E-state index in [0.717, 1.165) is 36.8 Å². The van der Waals surface area contributed by atoms with E-state index in [0.29, 0.717) is 5.92 Å². The van der Waals surface area contributed by atoms with Crippen molar-refractivity contribution in [2.45, 2.75) is 43.4 Å². The summed E-state index contributed by atoms with van der Waals surface area (Å²) in [5, 5.41) is 9.14. The van der Waals surface area contributed by atoms with E-state index in [9.17, 15) is 13.0 Å². The van der Waals surface area contributed by atoms with Crippen molar-refractivity contribution in [1.82, 2.24) is 0 Å². The SMILES string of the molecule is Cc1ccc(S(=O)(=O)O)c(C2CCC(CO)CC2)c1. The molecule has 0 amide bonds. The maximum Gasteiger partial charge on any atom is 0.294 e. The maximum absolute atomic E-state index is 11.4. The molecule has 2 N–H and O–H groups in total. The van der Waals surface area contributed by atoms with Crippen molar-refractivity contribution in [3.8, 4) is 0 Å². The normalized spacial score (nSPS) is 24.4. The van der Waals surface area contributed by atoms with Gasteiger partial charge >= 0.3 is 0 Å². The summed E-state index contributed by atoms with van der Waals surface area (Å²) in [5.41, 5.74) is 1.71. The molecule has 19 heavy (non-hydrogen) atoms. The number of aliphatic hydroxyl groups is 1. The van der Waals surface area contributed by atoms with Crippen LogP contribution in [0, 0.1) is 12.8 Å². The third-order valence-corrected chi connectivity index (χ3v) is 4.92. The third kappa shape index (κ3) is 3.35. The van der Waals surface area contributed by atoms with Crippen LogP contribution in [0.2, 0.25) is 0 Å². The van der Waals surface area contributed by atoms with Gasteiger partial charge in [0.25, 0.3) is 10.1 Å².